The molecule has 1 amide bonds. The van der Waals surface area contributed by atoms with Gasteiger partial charge in [-0.1, -0.05) is 18.2 Å². The molecule has 1 unspecified atom stereocenters. The van der Waals surface area contributed by atoms with Gasteiger partial charge in [0.1, 0.15) is 18.4 Å². The first-order valence-electron chi connectivity index (χ1n) is 6.41. The second-order valence-corrected chi connectivity index (χ2v) is 4.57. The molecule has 1 aromatic heterocycles. The van der Waals surface area contributed by atoms with E-state index in [1.54, 1.807) is 19.1 Å². The molecule has 0 aliphatic carbocycles. The summed E-state index contributed by atoms with van der Waals surface area (Å²) in [5.74, 6) is -0.992. The molecule has 0 saturated carbocycles. The number of hydrogen-bond donors (Lipinski definition) is 2. The minimum Gasteiger partial charge on any atom is -0.487 e. The van der Waals surface area contributed by atoms with E-state index in [0.29, 0.717) is 11.4 Å². The van der Waals surface area contributed by atoms with Gasteiger partial charge >= 0.3 is 5.97 Å². The Hall–Kier alpha value is -2.76. The lowest BCUT2D eigenvalue weighted by atomic mass is 10.2. The van der Waals surface area contributed by atoms with E-state index in [-0.39, 0.29) is 12.2 Å². The van der Waals surface area contributed by atoms with Gasteiger partial charge in [-0.2, -0.15) is 0 Å². The van der Waals surface area contributed by atoms with Crippen molar-refractivity contribution in [3.63, 3.8) is 0 Å². The standard InChI is InChI=1S/C15H16N2O4/c1-10(14(16)18)17-8-7-12(15(19)20)13(17)9-21-11-5-3-2-4-6-11/h2-8,10H,9H2,1H3,(H2,16,18)(H,19,20). The van der Waals surface area contributed by atoms with Crippen LogP contribution in [0.2, 0.25) is 0 Å². The first kappa shape index (κ1) is 14.6. The van der Waals surface area contributed by atoms with Crippen molar-refractivity contribution in [2.24, 2.45) is 5.73 Å². The predicted molar refractivity (Wildman–Crippen MR) is 76.1 cm³/mol. The minimum atomic E-state index is -1.07. The SMILES string of the molecule is CC(C(N)=O)n1ccc(C(=O)O)c1COc1ccccc1. The number of primary amides is 1. The van der Waals surface area contributed by atoms with Crippen molar-refractivity contribution in [1.82, 2.24) is 4.57 Å². The molecule has 0 fully saturated rings. The van der Waals surface area contributed by atoms with Gasteiger partial charge in [-0.25, -0.2) is 4.79 Å². The van der Waals surface area contributed by atoms with Crippen LogP contribution in [0.4, 0.5) is 0 Å². The zero-order valence-electron chi connectivity index (χ0n) is 11.5. The number of nitrogens with zero attached hydrogens (tertiary/aromatic N) is 1. The summed E-state index contributed by atoms with van der Waals surface area (Å²) in [7, 11) is 0. The summed E-state index contributed by atoms with van der Waals surface area (Å²) >= 11 is 0. The maximum Gasteiger partial charge on any atom is 0.337 e. The van der Waals surface area contributed by atoms with Crippen molar-refractivity contribution in [1.29, 1.82) is 0 Å². The molecule has 1 heterocycles. The number of aromatic nitrogens is 1. The summed E-state index contributed by atoms with van der Waals surface area (Å²) in [6.07, 6.45) is 1.53. The van der Waals surface area contributed by atoms with Gasteiger partial charge in [0.05, 0.1) is 11.3 Å². The highest BCUT2D eigenvalue weighted by molar-refractivity contribution is 5.89. The Kier molecular flexibility index (Phi) is 4.27. The molecule has 1 aromatic carbocycles. The number of hydrogen-bond acceptors (Lipinski definition) is 3. The number of aromatic carboxylic acids is 1. The van der Waals surface area contributed by atoms with Gasteiger partial charge in [0.25, 0.3) is 0 Å². The Labute approximate surface area is 121 Å². The highest BCUT2D eigenvalue weighted by Gasteiger charge is 2.21. The molecule has 6 heteroatoms. The Bertz CT molecular complexity index is 649. The van der Waals surface area contributed by atoms with E-state index >= 15 is 0 Å². The number of carbonyl (C=O) groups is 2. The van der Waals surface area contributed by atoms with E-state index in [9.17, 15) is 14.7 Å². The van der Waals surface area contributed by atoms with Crippen LogP contribution in [0.25, 0.3) is 0 Å². The number of carbonyl (C=O) groups excluding carboxylic acids is 1. The van der Waals surface area contributed by atoms with E-state index in [1.807, 2.05) is 18.2 Å². The molecule has 110 valence electrons. The van der Waals surface area contributed by atoms with Gasteiger partial charge in [0.2, 0.25) is 5.91 Å². The molecule has 0 bridgehead atoms. The zero-order valence-corrected chi connectivity index (χ0v) is 11.5. The van der Waals surface area contributed by atoms with E-state index in [4.69, 9.17) is 10.5 Å². The smallest absolute Gasteiger partial charge is 0.337 e. The lowest BCUT2D eigenvalue weighted by Crippen LogP contribution is -2.25. The fourth-order valence-electron chi connectivity index (χ4n) is 2.00. The van der Waals surface area contributed by atoms with Crippen molar-refractivity contribution in [2.75, 3.05) is 0 Å². The largest absolute Gasteiger partial charge is 0.487 e. The fourth-order valence-corrected chi connectivity index (χ4v) is 2.00. The van der Waals surface area contributed by atoms with Crippen LogP contribution in [0.3, 0.4) is 0 Å². The summed E-state index contributed by atoms with van der Waals surface area (Å²) in [6, 6.07) is 9.82. The lowest BCUT2D eigenvalue weighted by molar-refractivity contribution is -0.120. The van der Waals surface area contributed by atoms with Crippen LogP contribution in [0, 0.1) is 0 Å². The van der Waals surface area contributed by atoms with Crippen LogP contribution in [-0.2, 0) is 11.4 Å². The van der Waals surface area contributed by atoms with Gasteiger partial charge < -0.3 is 20.1 Å². The second kappa shape index (κ2) is 6.13. The Morgan fingerprint density at radius 1 is 1.29 bits per heavy atom. The average Bonchev–Trinajstić information content (AvgIpc) is 2.89. The number of rotatable bonds is 6. The second-order valence-electron chi connectivity index (χ2n) is 4.57. The molecule has 0 aliphatic heterocycles. The molecule has 0 saturated heterocycles. The minimum absolute atomic E-state index is 0.0380. The number of benzene rings is 1. The molecular formula is C15H16N2O4. The number of amides is 1. The van der Waals surface area contributed by atoms with Gasteiger partial charge in [-0.15, -0.1) is 0 Å². The first-order valence-corrected chi connectivity index (χ1v) is 6.41. The van der Waals surface area contributed by atoms with Gasteiger partial charge in [-0.05, 0) is 25.1 Å². The quantitative estimate of drug-likeness (QED) is 0.847. The predicted octanol–water partition coefficient (Wildman–Crippen LogP) is 1.81. The molecule has 3 N–H and O–H groups in total. The molecule has 0 aliphatic rings. The normalized spacial score (nSPS) is 11.9. The fraction of sp³-hybridized carbons (Fsp3) is 0.200. The summed E-state index contributed by atoms with van der Waals surface area (Å²) < 4.78 is 7.10. The maximum absolute atomic E-state index is 11.3. The average molecular weight is 288 g/mol. The van der Waals surface area contributed by atoms with E-state index in [2.05, 4.69) is 0 Å². The Balaban J connectivity index is 2.29. The van der Waals surface area contributed by atoms with Gasteiger partial charge in [0.15, 0.2) is 0 Å². The van der Waals surface area contributed by atoms with E-state index in [0.717, 1.165) is 0 Å². The molecule has 6 nitrogen and oxygen atoms in total. The maximum atomic E-state index is 11.3. The lowest BCUT2D eigenvalue weighted by Gasteiger charge is -2.15. The third kappa shape index (κ3) is 3.22. The van der Waals surface area contributed by atoms with Crippen LogP contribution in [0.5, 0.6) is 5.75 Å². The first-order chi connectivity index (χ1) is 10.0. The van der Waals surface area contributed by atoms with Crippen LogP contribution < -0.4 is 10.5 Å². The van der Waals surface area contributed by atoms with Crippen molar-refractivity contribution in [3.05, 3.63) is 53.9 Å². The number of ether oxygens (including phenoxy) is 1. The summed E-state index contributed by atoms with van der Waals surface area (Å²) in [5, 5.41) is 9.21. The van der Waals surface area contributed by atoms with Crippen LogP contribution in [0.1, 0.15) is 29.0 Å². The third-order valence-electron chi connectivity index (χ3n) is 3.20. The number of carboxylic acids is 1. The molecule has 0 spiro atoms. The number of nitrogens with two attached hydrogens (primary N) is 1. The van der Waals surface area contributed by atoms with Crippen LogP contribution >= 0.6 is 0 Å². The number of carboxylic acid groups (broad SMARTS) is 1. The molecule has 0 radical (unpaired) electrons. The highest BCUT2D eigenvalue weighted by atomic mass is 16.5. The molecule has 1 atom stereocenters. The topological polar surface area (TPSA) is 94.6 Å². The van der Waals surface area contributed by atoms with Crippen LogP contribution in [0.15, 0.2) is 42.6 Å². The van der Waals surface area contributed by atoms with Gasteiger partial charge in [0, 0.05) is 6.20 Å². The molecule has 21 heavy (non-hydrogen) atoms. The highest BCUT2D eigenvalue weighted by Crippen LogP contribution is 2.20. The molecule has 2 rings (SSSR count). The summed E-state index contributed by atoms with van der Waals surface area (Å²) in [4.78, 5) is 22.6. The van der Waals surface area contributed by atoms with Gasteiger partial charge in [-0.3, -0.25) is 4.79 Å². The summed E-state index contributed by atoms with van der Waals surface area (Å²) in [5.41, 5.74) is 5.78. The van der Waals surface area contributed by atoms with Crippen molar-refractivity contribution >= 4 is 11.9 Å². The Morgan fingerprint density at radius 3 is 2.52 bits per heavy atom. The Morgan fingerprint density at radius 2 is 1.95 bits per heavy atom. The van der Waals surface area contributed by atoms with Crippen molar-refractivity contribution < 1.29 is 19.4 Å². The van der Waals surface area contributed by atoms with Crippen LogP contribution in [-0.4, -0.2) is 21.6 Å². The molecular weight excluding hydrogens is 272 g/mol. The summed E-state index contributed by atoms with van der Waals surface area (Å²) in [6.45, 7) is 1.65. The number of para-hydroxylation sites is 1. The molecule has 2 aromatic rings. The van der Waals surface area contributed by atoms with Crippen molar-refractivity contribution in [2.45, 2.75) is 19.6 Å². The zero-order chi connectivity index (χ0) is 15.4. The van der Waals surface area contributed by atoms with E-state index in [1.165, 1.54) is 16.8 Å². The third-order valence-corrected chi connectivity index (χ3v) is 3.20. The monoisotopic (exact) mass is 288 g/mol. The van der Waals surface area contributed by atoms with E-state index < -0.39 is 17.9 Å². The van der Waals surface area contributed by atoms with Crippen molar-refractivity contribution in [3.8, 4) is 5.75 Å².